The van der Waals surface area contributed by atoms with Crippen molar-refractivity contribution in [1.29, 1.82) is 0 Å². The summed E-state index contributed by atoms with van der Waals surface area (Å²) in [7, 11) is 0. The predicted octanol–water partition coefficient (Wildman–Crippen LogP) is 5.47. The van der Waals surface area contributed by atoms with Crippen molar-refractivity contribution >= 4 is 0 Å². The van der Waals surface area contributed by atoms with Gasteiger partial charge in [0.1, 0.15) is 0 Å². The molecule has 0 radical (unpaired) electrons. The first kappa shape index (κ1) is 17.2. The number of nitrogens with one attached hydrogen (secondary N) is 1. The van der Waals surface area contributed by atoms with E-state index in [9.17, 15) is 0 Å². The van der Waals surface area contributed by atoms with Crippen LogP contribution in [0.3, 0.4) is 0 Å². The molecular weight excluding hydrogens is 242 g/mol. The van der Waals surface area contributed by atoms with Crippen LogP contribution in [0.1, 0.15) is 69.9 Å². The summed E-state index contributed by atoms with van der Waals surface area (Å²) in [5, 5.41) is 3.56. The third-order valence-corrected chi connectivity index (χ3v) is 4.06. The first-order valence-electron chi connectivity index (χ1n) is 8.48. The standard InChI is InChI=1S/C19H33N/c1-4-5-6-7-8-9-17(2)14-15-20-16-19-12-10-18(3)11-13-19/h10-13,17,20H,4-9,14-16H2,1-3H3. The minimum atomic E-state index is 0.863. The molecule has 0 aliphatic rings. The second kappa shape index (κ2) is 10.9. The zero-order chi connectivity index (χ0) is 14.6. The SMILES string of the molecule is CCCCCCCC(C)CCNCc1ccc(C)cc1. The van der Waals surface area contributed by atoms with Gasteiger partial charge in [-0.1, -0.05) is 82.2 Å². The van der Waals surface area contributed by atoms with Gasteiger partial charge in [-0.3, -0.25) is 0 Å². The Hall–Kier alpha value is -0.820. The quantitative estimate of drug-likeness (QED) is 0.528. The Morgan fingerprint density at radius 1 is 0.950 bits per heavy atom. The number of hydrogen-bond donors (Lipinski definition) is 1. The number of unbranched alkanes of at least 4 members (excludes halogenated alkanes) is 4. The van der Waals surface area contributed by atoms with Crippen molar-refractivity contribution in [2.24, 2.45) is 5.92 Å². The predicted molar refractivity (Wildman–Crippen MR) is 90.0 cm³/mol. The molecule has 0 aliphatic carbocycles. The fourth-order valence-electron chi connectivity index (χ4n) is 2.53. The van der Waals surface area contributed by atoms with Crippen LogP contribution in [-0.2, 0) is 6.54 Å². The van der Waals surface area contributed by atoms with E-state index in [1.807, 2.05) is 0 Å². The van der Waals surface area contributed by atoms with Gasteiger partial charge in [-0.15, -0.1) is 0 Å². The van der Waals surface area contributed by atoms with E-state index in [-0.39, 0.29) is 0 Å². The van der Waals surface area contributed by atoms with Crippen LogP contribution < -0.4 is 5.32 Å². The van der Waals surface area contributed by atoms with Crippen molar-refractivity contribution in [3.05, 3.63) is 35.4 Å². The molecule has 1 heteroatoms. The van der Waals surface area contributed by atoms with Crippen LogP contribution in [-0.4, -0.2) is 6.54 Å². The highest BCUT2D eigenvalue weighted by Crippen LogP contribution is 2.13. The molecule has 1 nitrogen and oxygen atoms in total. The molecule has 0 bridgehead atoms. The van der Waals surface area contributed by atoms with Gasteiger partial charge in [0.05, 0.1) is 0 Å². The van der Waals surface area contributed by atoms with Gasteiger partial charge in [-0.25, -0.2) is 0 Å². The van der Waals surface area contributed by atoms with E-state index < -0.39 is 0 Å². The van der Waals surface area contributed by atoms with E-state index in [2.05, 4.69) is 50.4 Å². The Bertz CT molecular complexity index is 328. The Kier molecular flexibility index (Phi) is 9.40. The third-order valence-electron chi connectivity index (χ3n) is 4.06. The summed E-state index contributed by atoms with van der Waals surface area (Å²) >= 11 is 0. The summed E-state index contributed by atoms with van der Waals surface area (Å²) in [4.78, 5) is 0. The molecular formula is C19H33N. The van der Waals surface area contributed by atoms with E-state index in [0.717, 1.165) is 19.0 Å². The molecule has 0 saturated heterocycles. The van der Waals surface area contributed by atoms with Gasteiger partial charge >= 0.3 is 0 Å². The van der Waals surface area contributed by atoms with Crippen LogP contribution in [0.5, 0.6) is 0 Å². The maximum atomic E-state index is 3.56. The largest absolute Gasteiger partial charge is 0.313 e. The van der Waals surface area contributed by atoms with Crippen LogP contribution in [0, 0.1) is 12.8 Å². The molecule has 0 spiro atoms. The Labute approximate surface area is 126 Å². The maximum Gasteiger partial charge on any atom is 0.0205 e. The molecule has 20 heavy (non-hydrogen) atoms. The molecule has 1 aromatic carbocycles. The molecule has 1 atom stereocenters. The highest BCUT2D eigenvalue weighted by molar-refractivity contribution is 5.20. The van der Waals surface area contributed by atoms with Crippen molar-refractivity contribution in [3.63, 3.8) is 0 Å². The summed E-state index contributed by atoms with van der Waals surface area (Å²) in [5.74, 6) is 0.863. The molecule has 0 amide bonds. The lowest BCUT2D eigenvalue weighted by Gasteiger charge is -2.12. The monoisotopic (exact) mass is 275 g/mol. The molecule has 1 rings (SSSR count). The van der Waals surface area contributed by atoms with Gasteiger partial charge in [0.15, 0.2) is 0 Å². The van der Waals surface area contributed by atoms with Crippen molar-refractivity contribution in [3.8, 4) is 0 Å². The second-order valence-corrected chi connectivity index (χ2v) is 6.26. The lowest BCUT2D eigenvalue weighted by atomic mass is 9.99. The second-order valence-electron chi connectivity index (χ2n) is 6.26. The molecule has 1 aromatic rings. The van der Waals surface area contributed by atoms with Crippen molar-refractivity contribution < 1.29 is 0 Å². The molecule has 114 valence electrons. The van der Waals surface area contributed by atoms with Crippen LogP contribution in [0.4, 0.5) is 0 Å². The normalized spacial score (nSPS) is 12.6. The molecule has 1 unspecified atom stereocenters. The van der Waals surface area contributed by atoms with Gasteiger partial charge in [0.2, 0.25) is 0 Å². The molecule has 0 heterocycles. The van der Waals surface area contributed by atoms with Crippen LogP contribution in [0.15, 0.2) is 24.3 Å². The van der Waals surface area contributed by atoms with E-state index >= 15 is 0 Å². The number of benzene rings is 1. The van der Waals surface area contributed by atoms with Crippen molar-refractivity contribution in [2.45, 2.75) is 72.3 Å². The van der Waals surface area contributed by atoms with E-state index in [1.54, 1.807) is 0 Å². The number of hydrogen-bond acceptors (Lipinski definition) is 1. The first-order valence-corrected chi connectivity index (χ1v) is 8.48. The van der Waals surface area contributed by atoms with Crippen LogP contribution in [0.2, 0.25) is 0 Å². The minimum absolute atomic E-state index is 0.863. The minimum Gasteiger partial charge on any atom is -0.313 e. The fourth-order valence-corrected chi connectivity index (χ4v) is 2.53. The van der Waals surface area contributed by atoms with E-state index in [0.29, 0.717) is 0 Å². The van der Waals surface area contributed by atoms with Gasteiger partial charge in [-0.05, 0) is 31.4 Å². The third kappa shape index (κ3) is 8.37. The van der Waals surface area contributed by atoms with Crippen LogP contribution in [0.25, 0.3) is 0 Å². The van der Waals surface area contributed by atoms with Crippen molar-refractivity contribution in [2.75, 3.05) is 6.54 Å². The maximum absolute atomic E-state index is 3.56. The average molecular weight is 275 g/mol. The highest BCUT2D eigenvalue weighted by Gasteiger charge is 2.01. The smallest absolute Gasteiger partial charge is 0.0205 e. The Morgan fingerprint density at radius 3 is 2.35 bits per heavy atom. The van der Waals surface area contributed by atoms with Gasteiger partial charge in [0, 0.05) is 6.54 Å². The average Bonchev–Trinajstić information content (AvgIpc) is 2.45. The molecule has 0 aromatic heterocycles. The summed E-state index contributed by atoms with van der Waals surface area (Å²) in [6.45, 7) is 8.96. The molecule has 0 fully saturated rings. The number of aryl methyl sites for hydroxylation is 1. The van der Waals surface area contributed by atoms with Gasteiger partial charge in [-0.2, -0.15) is 0 Å². The van der Waals surface area contributed by atoms with Crippen LogP contribution >= 0.6 is 0 Å². The van der Waals surface area contributed by atoms with E-state index in [1.165, 1.54) is 56.1 Å². The molecule has 1 N–H and O–H groups in total. The Morgan fingerprint density at radius 2 is 1.65 bits per heavy atom. The van der Waals surface area contributed by atoms with E-state index in [4.69, 9.17) is 0 Å². The molecule has 0 aliphatic heterocycles. The summed E-state index contributed by atoms with van der Waals surface area (Å²) in [5.41, 5.74) is 2.73. The zero-order valence-corrected chi connectivity index (χ0v) is 13.8. The summed E-state index contributed by atoms with van der Waals surface area (Å²) < 4.78 is 0. The van der Waals surface area contributed by atoms with Gasteiger partial charge in [0.25, 0.3) is 0 Å². The molecule has 0 saturated carbocycles. The summed E-state index contributed by atoms with van der Waals surface area (Å²) in [6, 6.07) is 8.82. The lowest BCUT2D eigenvalue weighted by molar-refractivity contribution is 0.443. The zero-order valence-electron chi connectivity index (χ0n) is 13.8. The topological polar surface area (TPSA) is 12.0 Å². The number of rotatable bonds is 11. The Balaban J connectivity index is 1.98. The van der Waals surface area contributed by atoms with Gasteiger partial charge < -0.3 is 5.32 Å². The first-order chi connectivity index (χ1) is 9.72. The highest BCUT2D eigenvalue weighted by atomic mass is 14.8. The van der Waals surface area contributed by atoms with Crippen molar-refractivity contribution in [1.82, 2.24) is 5.32 Å². The lowest BCUT2D eigenvalue weighted by Crippen LogP contribution is -2.17. The summed E-state index contributed by atoms with van der Waals surface area (Å²) in [6.07, 6.45) is 9.73. The fraction of sp³-hybridized carbons (Fsp3) is 0.684.